The largest absolute Gasteiger partial charge is 0.212 e. The Morgan fingerprint density at radius 1 is 1.88 bits per heavy atom. The predicted octanol–water partition coefficient (Wildman–Crippen LogP) is 1.94. The van der Waals surface area contributed by atoms with E-state index in [-0.39, 0.29) is 5.57 Å². The fraction of sp³-hybridized carbons (Fsp3) is 0.167. The van der Waals surface area contributed by atoms with Gasteiger partial charge in [0.05, 0.1) is 11.9 Å². The van der Waals surface area contributed by atoms with Crippen molar-refractivity contribution in [2.75, 3.05) is 0 Å². The molecule has 0 radical (unpaired) electrons. The van der Waals surface area contributed by atoms with Crippen LogP contribution in [0.3, 0.4) is 0 Å². The summed E-state index contributed by atoms with van der Waals surface area (Å²) in [5, 5.41) is 8.02. The number of nitriles is 1. The van der Waals surface area contributed by atoms with Gasteiger partial charge in [-0.1, -0.05) is 6.58 Å². The van der Waals surface area contributed by atoms with Gasteiger partial charge in [-0.05, 0) is 13.0 Å². The van der Waals surface area contributed by atoms with Crippen LogP contribution in [0.1, 0.15) is 6.92 Å². The molecule has 0 aliphatic heterocycles. The molecule has 0 fully saturated rings. The standard InChI is InChI=1S/C6H6FN/c1-5(4-8)3-6(2)7/h3H,1H2,2H3/b6-3+. The molecule has 0 amide bonds. The van der Waals surface area contributed by atoms with Crippen molar-refractivity contribution in [2.45, 2.75) is 6.92 Å². The Kier molecular flexibility index (Phi) is 2.57. The van der Waals surface area contributed by atoms with Crippen LogP contribution in [-0.2, 0) is 0 Å². The van der Waals surface area contributed by atoms with Gasteiger partial charge in [0.2, 0.25) is 0 Å². The van der Waals surface area contributed by atoms with Gasteiger partial charge in [0.15, 0.2) is 0 Å². The van der Waals surface area contributed by atoms with E-state index >= 15 is 0 Å². The zero-order chi connectivity index (χ0) is 6.57. The van der Waals surface area contributed by atoms with E-state index in [1.165, 1.54) is 6.92 Å². The Labute approximate surface area is 47.7 Å². The number of allylic oxidation sites excluding steroid dienone is 3. The van der Waals surface area contributed by atoms with E-state index < -0.39 is 5.83 Å². The topological polar surface area (TPSA) is 23.8 Å². The zero-order valence-corrected chi connectivity index (χ0v) is 4.61. The molecule has 0 atom stereocenters. The van der Waals surface area contributed by atoms with Crippen LogP contribution in [0.5, 0.6) is 0 Å². The van der Waals surface area contributed by atoms with Crippen LogP contribution in [0.2, 0.25) is 0 Å². The van der Waals surface area contributed by atoms with Crippen molar-refractivity contribution in [1.82, 2.24) is 0 Å². The monoisotopic (exact) mass is 111 g/mol. The van der Waals surface area contributed by atoms with Crippen LogP contribution in [0.15, 0.2) is 24.1 Å². The maximum Gasteiger partial charge on any atom is 0.0986 e. The third-order valence-corrected chi connectivity index (χ3v) is 0.517. The molecule has 0 N–H and O–H groups in total. The predicted molar refractivity (Wildman–Crippen MR) is 29.6 cm³/mol. The minimum Gasteiger partial charge on any atom is -0.212 e. The first-order chi connectivity index (χ1) is 3.66. The third kappa shape index (κ3) is 3.10. The van der Waals surface area contributed by atoms with Crippen molar-refractivity contribution in [3.63, 3.8) is 0 Å². The van der Waals surface area contributed by atoms with Crippen molar-refractivity contribution < 1.29 is 4.39 Å². The second kappa shape index (κ2) is 2.98. The van der Waals surface area contributed by atoms with Crippen molar-refractivity contribution in [1.29, 1.82) is 5.26 Å². The van der Waals surface area contributed by atoms with E-state index in [1.54, 1.807) is 6.07 Å². The molecule has 1 nitrogen and oxygen atoms in total. The lowest BCUT2D eigenvalue weighted by Crippen LogP contribution is -1.66. The fourth-order valence-corrected chi connectivity index (χ4v) is 0.272. The molecule has 42 valence electrons. The van der Waals surface area contributed by atoms with E-state index in [0.717, 1.165) is 6.08 Å². The number of rotatable bonds is 1. The van der Waals surface area contributed by atoms with E-state index in [0.29, 0.717) is 0 Å². The van der Waals surface area contributed by atoms with Gasteiger partial charge in [0.25, 0.3) is 0 Å². The highest BCUT2D eigenvalue weighted by Crippen LogP contribution is 1.97. The molecule has 0 spiro atoms. The van der Waals surface area contributed by atoms with Crippen LogP contribution in [0.25, 0.3) is 0 Å². The average molecular weight is 111 g/mol. The SMILES string of the molecule is C=C(C#N)/C=C(\C)F. The van der Waals surface area contributed by atoms with Crippen molar-refractivity contribution >= 4 is 0 Å². The smallest absolute Gasteiger partial charge is 0.0986 e. The number of nitrogens with zero attached hydrogens (tertiary/aromatic N) is 1. The molecule has 0 aromatic heterocycles. The van der Waals surface area contributed by atoms with Crippen molar-refractivity contribution in [3.05, 3.63) is 24.1 Å². The zero-order valence-electron chi connectivity index (χ0n) is 4.61. The first-order valence-electron chi connectivity index (χ1n) is 2.09. The van der Waals surface area contributed by atoms with Gasteiger partial charge in [-0.25, -0.2) is 4.39 Å². The highest BCUT2D eigenvalue weighted by atomic mass is 19.1. The Morgan fingerprint density at radius 3 is 2.50 bits per heavy atom. The molecular weight excluding hydrogens is 105 g/mol. The molecule has 0 aromatic carbocycles. The Bertz CT molecular complexity index is 158. The maximum atomic E-state index is 11.8. The van der Waals surface area contributed by atoms with E-state index in [9.17, 15) is 4.39 Å². The normalized spacial score (nSPS) is 10.4. The second-order valence-electron chi connectivity index (χ2n) is 1.37. The van der Waals surface area contributed by atoms with Crippen LogP contribution < -0.4 is 0 Å². The number of hydrogen-bond donors (Lipinski definition) is 0. The molecule has 0 unspecified atom stereocenters. The molecule has 8 heavy (non-hydrogen) atoms. The van der Waals surface area contributed by atoms with Crippen LogP contribution in [0, 0.1) is 11.3 Å². The summed E-state index contributed by atoms with van der Waals surface area (Å²) in [5.41, 5.74) is 0.144. The first-order valence-corrected chi connectivity index (χ1v) is 2.09. The molecule has 0 aliphatic carbocycles. The van der Waals surface area contributed by atoms with Gasteiger partial charge < -0.3 is 0 Å². The second-order valence-corrected chi connectivity index (χ2v) is 1.37. The van der Waals surface area contributed by atoms with Gasteiger partial charge >= 0.3 is 0 Å². The van der Waals surface area contributed by atoms with Crippen molar-refractivity contribution in [2.24, 2.45) is 0 Å². The van der Waals surface area contributed by atoms with Crippen LogP contribution in [-0.4, -0.2) is 0 Å². The minimum absolute atomic E-state index is 0.144. The molecular formula is C6H6FN. The molecule has 0 saturated heterocycles. The maximum absolute atomic E-state index is 11.8. The molecule has 0 bridgehead atoms. The molecule has 0 aromatic rings. The summed E-state index contributed by atoms with van der Waals surface area (Å²) in [6, 6.07) is 1.69. The molecule has 2 heteroatoms. The Morgan fingerprint density at radius 2 is 2.38 bits per heavy atom. The lowest BCUT2D eigenvalue weighted by Gasteiger charge is -1.79. The summed E-state index contributed by atoms with van der Waals surface area (Å²) in [4.78, 5) is 0. The summed E-state index contributed by atoms with van der Waals surface area (Å²) < 4.78 is 11.8. The van der Waals surface area contributed by atoms with E-state index in [4.69, 9.17) is 5.26 Å². The van der Waals surface area contributed by atoms with E-state index in [2.05, 4.69) is 6.58 Å². The van der Waals surface area contributed by atoms with Gasteiger partial charge in [-0.2, -0.15) is 5.26 Å². The Balaban J connectivity index is 3.95. The molecule has 0 heterocycles. The van der Waals surface area contributed by atoms with Crippen LogP contribution >= 0.6 is 0 Å². The number of halogens is 1. The third-order valence-electron chi connectivity index (χ3n) is 0.517. The summed E-state index contributed by atoms with van der Waals surface area (Å²) in [6.45, 7) is 4.50. The van der Waals surface area contributed by atoms with Gasteiger partial charge in [0, 0.05) is 5.57 Å². The van der Waals surface area contributed by atoms with Gasteiger partial charge in [-0.3, -0.25) is 0 Å². The van der Waals surface area contributed by atoms with E-state index in [1.807, 2.05) is 0 Å². The summed E-state index contributed by atoms with van der Waals surface area (Å²) in [6.07, 6.45) is 1.08. The highest BCUT2D eigenvalue weighted by molar-refractivity contribution is 5.30. The fourth-order valence-electron chi connectivity index (χ4n) is 0.272. The van der Waals surface area contributed by atoms with Crippen LogP contribution in [0.4, 0.5) is 4.39 Å². The molecule has 0 rings (SSSR count). The summed E-state index contributed by atoms with van der Waals surface area (Å²) >= 11 is 0. The quantitative estimate of drug-likeness (QED) is 0.374. The van der Waals surface area contributed by atoms with Gasteiger partial charge in [0.1, 0.15) is 0 Å². The lowest BCUT2D eigenvalue weighted by molar-refractivity contribution is 0.640. The average Bonchev–Trinajstić information content (AvgIpc) is 1.65. The minimum atomic E-state index is -0.392. The van der Waals surface area contributed by atoms with Crippen molar-refractivity contribution in [3.8, 4) is 6.07 Å². The summed E-state index contributed by atoms with van der Waals surface area (Å²) in [5.74, 6) is -0.392. The lowest BCUT2D eigenvalue weighted by atomic mass is 10.3. The first kappa shape index (κ1) is 6.90. The number of hydrogen-bond acceptors (Lipinski definition) is 1. The Hall–Kier alpha value is -1.10. The summed E-state index contributed by atoms with van der Waals surface area (Å²) in [7, 11) is 0. The molecule has 0 aliphatic rings. The molecule has 0 saturated carbocycles. The highest BCUT2D eigenvalue weighted by Gasteiger charge is 1.83. The van der Waals surface area contributed by atoms with Gasteiger partial charge in [-0.15, -0.1) is 0 Å².